The second-order valence-corrected chi connectivity index (χ2v) is 7.32. The highest BCUT2D eigenvalue weighted by Crippen LogP contribution is 2.57. The van der Waals surface area contributed by atoms with Crippen LogP contribution in [0.2, 0.25) is 5.02 Å². The Morgan fingerprint density at radius 1 is 1.10 bits per heavy atom. The van der Waals surface area contributed by atoms with Crippen LogP contribution in [0.4, 0.5) is 5.69 Å². The summed E-state index contributed by atoms with van der Waals surface area (Å²) >= 11 is 9.55. The molecule has 0 N–H and O–H groups in total. The average molecular weight is 355 g/mol. The zero-order valence-corrected chi connectivity index (χ0v) is 13.0. The predicted octanol–water partition coefficient (Wildman–Crippen LogP) is 3.64. The van der Waals surface area contributed by atoms with Crippen LogP contribution < -0.4 is 4.90 Å². The van der Waals surface area contributed by atoms with E-state index in [0.717, 1.165) is 23.7 Å². The second-order valence-electron chi connectivity index (χ2n) is 5.99. The monoisotopic (exact) mass is 353 g/mol. The van der Waals surface area contributed by atoms with Gasteiger partial charge in [0.15, 0.2) is 0 Å². The number of anilines is 1. The third-order valence-corrected chi connectivity index (χ3v) is 5.87. The SMILES string of the molecule is O=C1[C@H]2[C@@H]3CC[C@@H](C3)[C@@H]2C(=O)N1c1ccc(Br)cc1Cl. The van der Waals surface area contributed by atoms with Crippen LogP contribution in [0.3, 0.4) is 0 Å². The molecule has 5 heteroatoms. The molecule has 4 atom stereocenters. The molecule has 3 aliphatic rings. The van der Waals surface area contributed by atoms with E-state index in [1.54, 1.807) is 12.1 Å². The van der Waals surface area contributed by atoms with Gasteiger partial charge >= 0.3 is 0 Å². The van der Waals surface area contributed by atoms with E-state index in [1.165, 1.54) is 4.90 Å². The molecule has 2 amide bonds. The molecule has 0 unspecified atom stereocenters. The Labute approximate surface area is 130 Å². The molecule has 2 saturated carbocycles. The van der Waals surface area contributed by atoms with Crippen molar-refractivity contribution in [3.8, 4) is 0 Å². The van der Waals surface area contributed by atoms with E-state index in [-0.39, 0.29) is 23.7 Å². The van der Waals surface area contributed by atoms with Crippen molar-refractivity contribution < 1.29 is 9.59 Å². The number of hydrogen-bond acceptors (Lipinski definition) is 2. The van der Waals surface area contributed by atoms with Gasteiger partial charge in [-0.2, -0.15) is 0 Å². The Bertz CT molecular complexity index is 604. The summed E-state index contributed by atoms with van der Waals surface area (Å²) in [6.45, 7) is 0. The maximum atomic E-state index is 12.7. The number of halogens is 2. The van der Waals surface area contributed by atoms with Gasteiger partial charge in [-0.1, -0.05) is 27.5 Å². The molecule has 104 valence electrons. The van der Waals surface area contributed by atoms with Crippen LogP contribution in [0.5, 0.6) is 0 Å². The smallest absolute Gasteiger partial charge is 0.238 e. The van der Waals surface area contributed by atoms with Gasteiger partial charge in [0.1, 0.15) is 0 Å². The van der Waals surface area contributed by atoms with Crippen molar-refractivity contribution in [1.29, 1.82) is 0 Å². The van der Waals surface area contributed by atoms with E-state index in [9.17, 15) is 9.59 Å². The number of fused-ring (bicyclic) bond motifs is 5. The zero-order valence-electron chi connectivity index (χ0n) is 10.7. The van der Waals surface area contributed by atoms with E-state index < -0.39 is 0 Å². The van der Waals surface area contributed by atoms with E-state index >= 15 is 0 Å². The third kappa shape index (κ3) is 1.58. The first kappa shape index (κ1) is 12.8. The highest BCUT2D eigenvalue weighted by molar-refractivity contribution is 9.10. The first-order valence-electron chi connectivity index (χ1n) is 6.91. The summed E-state index contributed by atoms with van der Waals surface area (Å²) in [4.78, 5) is 26.6. The molecule has 2 bridgehead atoms. The fourth-order valence-electron chi connectivity index (χ4n) is 4.31. The van der Waals surface area contributed by atoms with Crippen LogP contribution in [-0.4, -0.2) is 11.8 Å². The second kappa shape index (κ2) is 4.31. The van der Waals surface area contributed by atoms with Crippen molar-refractivity contribution in [2.45, 2.75) is 19.3 Å². The fraction of sp³-hybridized carbons (Fsp3) is 0.467. The molecule has 1 aliphatic heterocycles. The lowest BCUT2D eigenvalue weighted by Crippen LogP contribution is -2.32. The summed E-state index contributed by atoms with van der Waals surface area (Å²) in [5, 5.41) is 0.438. The van der Waals surface area contributed by atoms with Crippen molar-refractivity contribution >= 4 is 45.0 Å². The average Bonchev–Trinajstić information content (AvgIpc) is 3.06. The standard InChI is InChI=1S/C15H13BrClNO2/c16-9-3-4-11(10(17)6-9)18-14(19)12-7-1-2-8(5-7)13(12)15(18)20/h3-4,6-8,12-13H,1-2,5H2/t7-,8+,12-,13-/m0/s1. The van der Waals surface area contributed by atoms with Gasteiger partial charge in [-0.3, -0.25) is 9.59 Å². The first-order chi connectivity index (χ1) is 9.58. The van der Waals surface area contributed by atoms with Gasteiger partial charge in [-0.25, -0.2) is 4.90 Å². The highest BCUT2D eigenvalue weighted by atomic mass is 79.9. The van der Waals surface area contributed by atoms with Gasteiger partial charge in [-0.05, 0) is 49.3 Å². The zero-order chi connectivity index (χ0) is 14.0. The van der Waals surface area contributed by atoms with Gasteiger partial charge in [0, 0.05) is 4.47 Å². The summed E-state index contributed by atoms with van der Waals surface area (Å²) < 4.78 is 0.839. The molecular weight excluding hydrogens is 342 g/mol. The first-order valence-corrected chi connectivity index (χ1v) is 8.08. The molecule has 0 spiro atoms. The molecule has 1 heterocycles. The Hall–Kier alpha value is -0.870. The Morgan fingerprint density at radius 2 is 1.70 bits per heavy atom. The summed E-state index contributed by atoms with van der Waals surface area (Å²) in [5.74, 6) is 0.524. The topological polar surface area (TPSA) is 37.4 Å². The molecule has 1 aromatic carbocycles. The van der Waals surface area contributed by atoms with Crippen LogP contribution in [0.15, 0.2) is 22.7 Å². The van der Waals surface area contributed by atoms with Crippen molar-refractivity contribution in [3.05, 3.63) is 27.7 Å². The van der Waals surface area contributed by atoms with Gasteiger partial charge in [0.05, 0.1) is 22.5 Å². The molecule has 3 fully saturated rings. The molecule has 0 radical (unpaired) electrons. The van der Waals surface area contributed by atoms with Crippen molar-refractivity contribution in [2.24, 2.45) is 23.7 Å². The highest BCUT2D eigenvalue weighted by Gasteiger charge is 2.61. The molecule has 1 aromatic rings. The quantitative estimate of drug-likeness (QED) is 0.722. The van der Waals surface area contributed by atoms with E-state index in [4.69, 9.17) is 11.6 Å². The summed E-state index contributed by atoms with van der Waals surface area (Å²) in [6, 6.07) is 5.27. The van der Waals surface area contributed by atoms with Gasteiger partial charge < -0.3 is 0 Å². The van der Waals surface area contributed by atoms with E-state index in [0.29, 0.717) is 22.5 Å². The van der Waals surface area contributed by atoms with E-state index in [2.05, 4.69) is 15.9 Å². The van der Waals surface area contributed by atoms with Crippen LogP contribution in [0.1, 0.15) is 19.3 Å². The Kier molecular flexibility index (Phi) is 2.77. The van der Waals surface area contributed by atoms with Gasteiger partial charge in [-0.15, -0.1) is 0 Å². The summed E-state index contributed by atoms with van der Waals surface area (Å²) in [7, 11) is 0. The van der Waals surface area contributed by atoms with Gasteiger partial charge in [0.25, 0.3) is 0 Å². The largest absolute Gasteiger partial charge is 0.274 e. The number of amides is 2. The molecular formula is C15H13BrClNO2. The van der Waals surface area contributed by atoms with Crippen LogP contribution >= 0.6 is 27.5 Å². The van der Waals surface area contributed by atoms with Crippen molar-refractivity contribution in [3.63, 3.8) is 0 Å². The minimum atomic E-state index is -0.0963. The van der Waals surface area contributed by atoms with Crippen LogP contribution in [0, 0.1) is 23.7 Å². The lowest BCUT2D eigenvalue weighted by Gasteiger charge is -2.19. The van der Waals surface area contributed by atoms with Crippen molar-refractivity contribution in [1.82, 2.24) is 0 Å². The molecule has 2 aliphatic carbocycles. The lowest BCUT2D eigenvalue weighted by atomic mass is 9.81. The van der Waals surface area contributed by atoms with E-state index in [1.807, 2.05) is 6.07 Å². The molecule has 20 heavy (non-hydrogen) atoms. The number of carbonyl (C=O) groups excluding carboxylic acids is 2. The number of carbonyl (C=O) groups is 2. The number of nitrogens with zero attached hydrogens (tertiary/aromatic N) is 1. The third-order valence-electron chi connectivity index (χ3n) is 5.08. The summed E-state index contributed by atoms with van der Waals surface area (Å²) in [5.41, 5.74) is 0.527. The molecule has 4 rings (SSSR count). The lowest BCUT2D eigenvalue weighted by molar-refractivity contribution is -0.123. The number of benzene rings is 1. The Morgan fingerprint density at radius 3 is 2.25 bits per heavy atom. The van der Waals surface area contributed by atoms with Gasteiger partial charge in [0.2, 0.25) is 11.8 Å². The van der Waals surface area contributed by atoms with Crippen LogP contribution in [-0.2, 0) is 9.59 Å². The number of rotatable bonds is 1. The minimum Gasteiger partial charge on any atom is -0.274 e. The fourth-order valence-corrected chi connectivity index (χ4v) is 5.07. The molecule has 1 saturated heterocycles. The number of hydrogen-bond donors (Lipinski definition) is 0. The minimum absolute atomic E-state index is 0.0450. The molecule has 0 aromatic heterocycles. The molecule has 3 nitrogen and oxygen atoms in total. The summed E-state index contributed by atoms with van der Waals surface area (Å²) in [6.07, 6.45) is 3.23. The maximum Gasteiger partial charge on any atom is 0.238 e. The van der Waals surface area contributed by atoms with Crippen LogP contribution in [0.25, 0.3) is 0 Å². The maximum absolute atomic E-state index is 12.7. The number of imide groups is 1. The normalized spacial score (nSPS) is 35.0. The Balaban J connectivity index is 1.77. The van der Waals surface area contributed by atoms with Crippen molar-refractivity contribution in [2.75, 3.05) is 4.90 Å². The predicted molar refractivity (Wildman–Crippen MR) is 79.5 cm³/mol.